The number of carbonyl (C=O) groups is 4. The average molecular weight is 1090 g/mol. The molecule has 19 nitrogen and oxygen atoms in total. The van der Waals surface area contributed by atoms with Crippen molar-refractivity contribution in [2.45, 2.75) is 102 Å². The Hall–Kier alpha value is -7.12. The molecule has 2 heterocycles. The lowest BCUT2D eigenvalue weighted by atomic mass is 9.87. The predicted molar refractivity (Wildman–Crippen MR) is 289 cm³/mol. The zero-order valence-electron chi connectivity index (χ0n) is 47.2. The Balaban J connectivity index is 1.08. The highest BCUT2D eigenvalue weighted by Crippen LogP contribution is 2.44. The third-order valence-electron chi connectivity index (χ3n) is 14.2. The van der Waals surface area contributed by atoms with E-state index in [1.807, 2.05) is 54.6 Å². The summed E-state index contributed by atoms with van der Waals surface area (Å²) in [6, 6.07) is 16.9. The lowest BCUT2D eigenvalue weighted by Crippen LogP contribution is -2.45. The molecule has 4 atom stereocenters. The summed E-state index contributed by atoms with van der Waals surface area (Å²) in [5.41, 5.74) is 5.95. The van der Waals surface area contributed by atoms with Crippen LogP contribution in [0, 0.1) is 0 Å². The molecule has 6 rings (SSSR count). The van der Waals surface area contributed by atoms with Crippen LogP contribution in [0.1, 0.15) is 97.8 Å². The highest BCUT2D eigenvalue weighted by Gasteiger charge is 2.37. The van der Waals surface area contributed by atoms with E-state index in [0.717, 1.165) is 33.4 Å². The van der Waals surface area contributed by atoms with Crippen LogP contribution in [0.25, 0.3) is 0 Å². The van der Waals surface area contributed by atoms with Gasteiger partial charge in [-0.1, -0.05) is 18.9 Å². The first kappa shape index (κ1) is 60.1. The third kappa shape index (κ3) is 15.1. The van der Waals surface area contributed by atoms with Gasteiger partial charge in [-0.25, -0.2) is 9.59 Å². The van der Waals surface area contributed by atoms with Gasteiger partial charge in [0, 0.05) is 51.1 Å². The first-order valence-electron chi connectivity index (χ1n) is 26.5. The Kier molecular flexibility index (Phi) is 22.8. The normalized spacial score (nSPS) is 15.8. The van der Waals surface area contributed by atoms with Gasteiger partial charge in [-0.05, 0) is 134 Å². The molecule has 0 aromatic heterocycles. The van der Waals surface area contributed by atoms with Gasteiger partial charge in [-0.2, -0.15) is 0 Å². The molecule has 0 radical (unpaired) electrons. The minimum absolute atomic E-state index is 0.0437. The van der Waals surface area contributed by atoms with E-state index in [-0.39, 0.29) is 51.2 Å². The second-order valence-electron chi connectivity index (χ2n) is 18.8. The average Bonchev–Trinajstić information content (AvgIpc) is 3.55. The van der Waals surface area contributed by atoms with Crippen LogP contribution < -0.4 is 42.6 Å². The highest BCUT2D eigenvalue weighted by molar-refractivity contribution is 5.80. The van der Waals surface area contributed by atoms with Gasteiger partial charge in [0.05, 0.1) is 77.2 Å². The smallest absolute Gasteiger partial charge is 0.348 e. The van der Waals surface area contributed by atoms with Crippen molar-refractivity contribution in [3.63, 3.8) is 0 Å². The van der Waals surface area contributed by atoms with Crippen molar-refractivity contribution in [1.29, 1.82) is 0 Å². The van der Waals surface area contributed by atoms with Gasteiger partial charge in [-0.15, -0.1) is 0 Å². The van der Waals surface area contributed by atoms with E-state index in [0.29, 0.717) is 116 Å². The number of rotatable bonds is 30. The van der Waals surface area contributed by atoms with Crippen molar-refractivity contribution in [2.24, 2.45) is 0 Å². The van der Waals surface area contributed by atoms with Crippen LogP contribution in [0.2, 0.25) is 0 Å². The zero-order chi connectivity index (χ0) is 56.3. The number of fused-ring (bicyclic) bond motifs is 2. The SMILES string of the molecule is CCOC(=O)C(CN1CCc2cc(OC)c(OC)cc2C1Cc1ccc(OC)c(OC)c1)OC(=O)CCCCCCC(=O)OC(CN1CCc2cc(OC)c(OC)cc2[C@H]1Cc1cc(OC)c(OC)c(OC)c1)C(=O)OCC. The zero-order valence-corrected chi connectivity index (χ0v) is 47.2. The molecule has 3 unspecified atom stereocenters. The molecule has 4 aromatic rings. The first-order valence-corrected chi connectivity index (χ1v) is 26.5. The number of carbonyl (C=O) groups excluding carboxylic acids is 4. The van der Waals surface area contributed by atoms with Crippen molar-refractivity contribution in [3.8, 4) is 51.7 Å². The number of hydrogen-bond donors (Lipinski definition) is 0. The summed E-state index contributed by atoms with van der Waals surface area (Å²) in [6.45, 7) is 4.88. The van der Waals surface area contributed by atoms with Crippen LogP contribution in [0.4, 0.5) is 0 Å². The number of ether oxygens (including phenoxy) is 13. The minimum atomic E-state index is -1.21. The molecule has 19 heteroatoms. The summed E-state index contributed by atoms with van der Waals surface area (Å²) in [6.07, 6.45) is 2.06. The summed E-state index contributed by atoms with van der Waals surface area (Å²) in [5, 5.41) is 0. The fraction of sp³-hybridized carbons (Fsp3) is 0.525. The van der Waals surface area contributed by atoms with E-state index in [9.17, 15) is 19.2 Å². The largest absolute Gasteiger partial charge is 0.493 e. The van der Waals surface area contributed by atoms with Gasteiger partial charge >= 0.3 is 23.9 Å². The maximum Gasteiger partial charge on any atom is 0.348 e. The second kappa shape index (κ2) is 29.6. The molecule has 0 amide bonds. The van der Waals surface area contributed by atoms with E-state index < -0.39 is 36.1 Å². The Bertz CT molecular complexity index is 2630. The molecule has 0 saturated carbocycles. The predicted octanol–water partition coefficient (Wildman–Crippen LogP) is 8.04. The summed E-state index contributed by atoms with van der Waals surface area (Å²) in [4.78, 5) is 58.3. The van der Waals surface area contributed by atoms with Gasteiger partial charge in [0.15, 0.2) is 46.0 Å². The van der Waals surface area contributed by atoms with E-state index in [1.54, 1.807) is 77.8 Å². The van der Waals surface area contributed by atoms with E-state index >= 15 is 0 Å². The van der Waals surface area contributed by atoms with Gasteiger partial charge in [0.25, 0.3) is 0 Å². The van der Waals surface area contributed by atoms with Crippen molar-refractivity contribution in [3.05, 3.63) is 88.0 Å². The van der Waals surface area contributed by atoms with Gasteiger partial charge in [0.2, 0.25) is 18.0 Å². The molecular formula is C59H78N2O17. The molecule has 2 aliphatic rings. The number of nitrogens with zero attached hydrogens (tertiary/aromatic N) is 2. The topological polar surface area (TPSA) is 195 Å². The van der Waals surface area contributed by atoms with Gasteiger partial charge in [-0.3, -0.25) is 19.4 Å². The molecule has 0 spiro atoms. The molecule has 0 bridgehead atoms. The standard InChI is InChI=1S/C59H78N2O17/c1-12-75-58(64)53(35-60-24-22-39-31-47(68-5)49(70-7)33-41(39)43(60)26-37-20-21-45(66-3)46(28-37)67-4)77-55(62)18-16-14-15-17-19-56(63)78-54(59(65)76-13-2)36-61-25-23-40-32-48(69-6)50(71-8)34-42(40)44(61)27-38-29-51(72-9)57(74-11)52(30-38)73-10/h20-21,28-34,43-44,53-54H,12-19,22-27,35-36H2,1-11H3/t43?,44-,53?,54?/m1/s1. The summed E-state index contributed by atoms with van der Waals surface area (Å²) >= 11 is 0. The quantitative estimate of drug-likeness (QED) is 0.0276. The van der Waals surface area contributed by atoms with Crippen molar-refractivity contribution in [1.82, 2.24) is 9.80 Å². The summed E-state index contributed by atoms with van der Waals surface area (Å²) in [5.74, 6) is 2.66. The molecule has 0 fully saturated rings. The maximum atomic E-state index is 13.6. The minimum Gasteiger partial charge on any atom is -0.493 e. The molecule has 0 N–H and O–H groups in total. The second-order valence-corrected chi connectivity index (χ2v) is 18.8. The van der Waals surface area contributed by atoms with Crippen molar-refractivity contribution < 1.29 is 80.8 Å². The Labute approximate surface area is 458 Å². The maximum absolute atomic E-state index is 13.6. The van der Waals surface area contributed by atoms with Crippen LogP contribution in [-0.4, -0.2) is 149 Å². The van der Waals surface area contributed by atoms with Crippen molar-refractivity contribution in [2.75, 3.05) is 103 Å². The monoisotopic (exact) mass is 1090 g/mol. The molecule has 0 saturated heterocycles. The van der Waals surface area contributed by atoms with E-state index in [1.165, 1.54) is 0 Å². The highest BCUT2D eigenvalue weighted by atomic mass is 16.6. The lowest BCUT2D eigenvalue weighted by molar-refractivity contribution is -0.169. The van der Waals surface area contributed by atoms with Gasteiger partial charge in [0.1, 0.15) is 0 Å². The first-order chi connectivity index (χ1) is 37.8. The van der Waals surface area contributed by atoms with Crippen molar-refractivity contribution >= 4 is 23.9 Å². The molecular weight excluding hydrogens is 1010 g/mol. The molecule has 0 aliphatic carbocycles. The van der Waals surface area contributed by atoms with Gasteiger partial charge < -0.3 is 61.6 Å². The third-order valence-corrected chi connectivity index (χ3v) is 14.2. The molecule has 78 heavy (non-hydrogen) atoms. The van der Waals surface area contributed by atoms with Crippen LogP contribution in [0.15, 0.2) is 54.6 Å². The fourth-order valence-electron chi connectivity index (χ4n) is 10.3. The molecule has 2 aliphatic heterocycles. The lowest BCUT2D eigenvalue weighted by Gasteiger charge is -2.39. The number of esters is 4. The number of methoxy groups -OCH3 is 9. The number of unbranched alkanes of at least 4 members (excludes halogenated alkanes) is 3. The summed E-state index contributed by atoms with van der Waals surface area (Å²) < 4.78 is 73.5. The fourth-order valence-corrected chi connectivity index (χ4v) is 10.3. The van der Waals surface area contributed by atoms with Crippen LogP contribution in [0.3, 0.4) is 0 Å². The Morgan fingerprint density at radius 2 is 0.846 bits per heavy atom. The van der Waals surface area contributed by atoms with E-state index in [4.69, 9.17) is 61.6 Å². The van der Waals surface area contributed by atoms with Crippen LogP contribution >= 0.6 is 0 Å². The Morgan fingerprint density at radius 1 is 0.462 bits per heavy atom. The number of benzene rings is 4. The van der Waals surface area contributed by atoms with E-state index in [2.05, 4.69) is 9.80 Å². The van der Waals surface area contributed by atoms with Crippen LogP contribution in [0.5, 0.6) is 51.7 Å². The van der Waals surface area contributed by atoms with Crippen LogP contribution in [-0.2, 0) is 63.8 Å². The summed E-state index contributed by atoms with van der Waals surface area (Å²) in [7, 11) is 14.2. The Morgan fingerprint density at radius 3 is 1.24 bits per heavy atom. The number of hydrogen-bond acceptors (Lipinski definition) is 19. The molecule has 4 aromatic carbocycles. The molecule has 426 valence electrons.